The number of ether oxygens (including phenoxy) is 3. The number of nitro groups is 1. The van der Waals surface area contributed by atoms with Crippen molar-refractivity contribution in [2.45, 2.75) is 50.7 Å². The van der Waals surface area contributed by atoms with Gasteiger partial charge in [-0.2, -0.15) is 0 Å². The second kappa shape index (κ2) is 10.9. The zero-order chi connectivity index (χ0) is 26.7. The SMILES string of the molecule is O=[N+]([O-])c1cn2c(n1)OC(COc1ccc(C3CCN(Cc4ccc(OC(F)(F)F)cc4)CC3)cc1)CC2. The minimum Gasteiger partial charge on any atom is -0.490 e. The van der Waals surface area contributed by atoms with Crippen LogP contribution in [0.4, 0.5) is 19.0 Å². The van der Waals surface area contributed by atoms with E-state index >= 15 is 0 Å². The number of aryl methyl sites for hydroxylation is 1. The molecule has 3 aromatic rings. The Labute approximate surface area is 216 Å². The molecule has 0 N–H and O–H groups in total. The second-order valence-electron chi connectivity index (χ2n) is 9.48. The van der Waals surface area contributed by atoms with Crippen molar-refractivity contribution in [3.05, 3.63) is 76.0 Å². The molecule has 5 rings (SSSR count). The lowest BCUT2D eigenvalue weighted by atomic mass is 9.89. The predicted molar refractivity (Wildman–Crippen MR) is 130 cm³/mol. The molecular formula is C26H27F3N4O5. The van der Waals surface area contributed by atoms with Gasteiger partial charge in [0, 0.05) is 24.5 Å². The van der Waals surface area contributed by atoms with E-state index in [4.69, 9.17) is 9.47 Å². The summed E-state index contributed by atoms with van der Waals surface area (Å²) in [5.41, 5.74) is 2.19. The van der Waals surface area contributed by atoms with Gasteiger partial charge in [0.1, 0.15) is 30.4 Å². The topological polar surface area (TPSA) is 91.9 Å². The number of hydrogen-bond acceptors (Lipinski definition) is 7. The molecule has 1 fully saturated rings. The number of rotatable bonds is 8. The van der Waals surface area contributed by atoms with Crippen LogP contribution in [0.25, 0.3) is 0 Å². The van der Waals surface area contributed by atoms with Crippen LogP contribution in [0.15, 0.2) is 54.7 Å². The number of halogens is 3. The first-order valence-corrected chi connectivity index (χ1v) is 12.4. The largest absolute Gasteiger partial charge is 0.573 e. The van der Waals surface area contributed by atoms with E-state index in [0.717, 1.165) is 37.2 Å². The van der Waals surface area contributed by atoms with Gasteiger partial charge in [0.2, 0.25) is 0 Å². The quantitative estimate of drug-likeness (QED) is 0.287. The van der Waals surface area contributed by atoms with E-state index in [1.165, 1.54) is 23.9 Å². The van der Waals surface area contributed by atoms with Crippen LogP contribution in [0.3, 0.4) is 0 Å². The van der Waals surface area contributed by atoms with Crippen molar-refractivity contribution in [2.75, 3.05) is 19.7 Å². The highest BCUT2D eigenvalue weighted by Crippen LogP contribution is 2.31. The molecule has 9 nitrogen and oxygen atoms in total. The molecule has 0 aliphatic carbocycles. The Morgan fingerprint density at radius 1 is 1.00 bits per heavy atom. The molecule has 2 aliphatic heterocycles. The van der Waals surface area contributed by atoms with E-state index in [9.17, 15) is 23.3 Å². The molecule has 1 aromatic heterocycles. The number of hydrogen-bond donors (Lipinski definition) is 0. The van der Waals surface area contributed by atoms with Gasteiger partial charge in [-0.1, -0.05) is 24.3 Å². The van der Waals surface area contributed by atoms with Crippen LogP contribution in [0.1, 0.15) is 36.3 Å². The van der Waals surface area contributed by atoms with E-state index in [2.05, 4.69) is 26.8 Å². The fourth-order valence-corrected chi connectivity index (χ4v) is 4.84. The first kappa shape index (κ1) is 25.8. The van der Waals surface area contributed by atoms with Crippen LogP contribution in [0.2, 0.25) is 0 Å². The zero-order valence-corrected chi connectivity index (χ0v) is 20.5. The number of benzene rings is 2. The zero-order valence-electron chi connectivity index (χ0n) is 20.5. The third-order valence-corrected chi connectivity index (χ3v) is 6.82. The monoisotopic (exact) mass is 532 g/mol. The molecule has 0 amide bonds. The van der Waals surface area contributed by atoms with Crippen LogP contribution >= 0.6 is 0 Å². The molecule has 1 atom stereocenters. The Hall–Kier alpha value is -3.80. The smallest absolute Gasteiger partial charge is 0.490 e. The van der Waals surface area contributed by atoms with Crippen LogP contribution in [-0.4, -0.2) is 51.5 Å². The summed E-state index contributed by atoms with van der Waals surface area (Å²) in [5.74, 6) is 0.723. The number of imidazole rings is 1. The standard InChI is InChI=1S/C26H27F3N4O5/c27-26(28,29)38-22-5-1-18(2-6-22)15-31-12-9-20(10-13-31)19-3-7-21(8-4-19)36-17-23-11-14-32-16-24(33(34)35)30-25(32)37-23/h1-8,16,20,23H,9-15,17H2. The molecule has 0 bridgehead atoms. The van der Waals surface area contributed by atoms with Crippen molar-refractivity contribution in [3.63, 3.8) is 0 Å². The average molecular weight is 533 g/mol. The van der Waals surface area contributed by atoms with E-state index < -0.39 is 11.3 Å². The summed E-state index contributed by atoms with van der Waals surface area (Å²) in [6.07, 6.45) is -0.890. The van der Waals surface area contributed by atoms with Crippen molar-refractivity contribution in [3.8, 4) is 17.5 Å². The number of fused-ring (bicyclic) bond motifs is 1. The molecule has 38 heavy (non-hydrogen) atoms. The minimum absolute atomic E-state index is 0.211. The van der Waals surface area contributed by atoms with Crippen molar-refractivity contribution < 1.29 is 32.3 Å². The van der Waals surface area contributed by atoms with Gasteiger partial charge in [-0.05, 0) is 72.2 Å². The highest BCUT2D eigenvalue weighted by molar-refractivity contribution is 5.30. The van der Waals surface area contributed by atoms with Gasteiger partial charge >= 0.3 is 18.2 Å². The summed E-state index contributed by atoms with van der Waals surface area (Å²) in [6, 6.07) is 14.3. The maximum atomic E-state index is 12.3. The first-order valence-electron chi connectivity index (χ1n) is 12.4. The molecule has 2 aliphatic rings. The van der Waals surface area contributed by atoms with Crippen LogP contribution in [-0.2, 0) is 13.1 Å². The molecule has 202 valence electrons. The van der Waals surface area contributed by atoms with Crippen molar-refractivity contribution in [2.24, 2.45) is 0 Å². The van der Waals surface area contributed by atoms with E-state index in [0.29, 0.717) is 32.0 Å². The third-order valence-electron chi connectivity index (χ3n) is 6.82. The Kier molecular flexibility index (Phi) is 7.41. The van der Waals surface area contributed by atoms with E-state index in [1.807, 2.05) is 12.1 Å². The van der Waals surface area contributed by atoms with Crippen molar-refractivity contribution in [1.29, 1.82) is 0 Å². The van der Waals surface area contributed by atoms with Gasteiger partial charge in [0.05, 0.1) is 0 Å². The van der Waals surface area contributed by atoms with Crippen LogP contribution < -0.4 is 14.2 Å². The molecule has 1 unspecified atom stereocenters. The summed E-state index contributed by atoms with van der Waals surface area (Å²) in [5, 5.41) is 10.9. The summed E-state index contributed by atoms with van der Waals surface area (Å²) in [6.45, 7) is 3.39. The van der Waals surface area contributed by atoms with Gasteiger partial charge in [0.25, 0.3) is 0 Å². The minimum atomic E-state index is -4.68. The second-order valence-corrected chi connectivity index (χ2v) is 9.48. The first-order chi connectivity index (χ1) is 18.2. The molecule has 3 heterocycles. The molecule has 2 aromatic carbocycles. The fraction of sp³-hybridized carbons (Fsp3) is 0.423. The molecule has 0 radical (unpaired) electrons. The van der Waals surface area contributed by atoms with Gasteiger partial charge in [-0.15, -0.1) is 13.2 Å². The normalized spacial score (nSPS) is 18.4. The lowest BCUT2D eigenvalue weighted by Gasteiger charge is -2.32. The van der Waals surface area contributed by atoms with Gasteiger partial charge in [0.15, 0.2) is 0 Å². The number of likely N-dealkylation sites (tertiary alicyclic amines) is 1. The van der Waals surface area contributed by atoms with Gasteiger partial charge in [-0.3, -0.25) is 9.47 Å². The van der Waals surface area contributed by atoms with Crippen LogP contribution in [0.5, 0.6) is 17.5 Å². The van der Waals surface area contributed by atoms with E-state index in [1.54, 1.807) is 16.7 Å². The number of aromatic nitrogens is 2. The summed E-state index contributed by atoms with van der Waals surface area (Å²) < 4.78 is 54.2. The maximum Gasteiger partial charge on any atom is 0.573 e. The lowest BCUT2D eigenvalue weighted by molar-refractivity contribution is -0.389. The van der Waals surface area contributed by atoms with Crippen LogP contribution in [0, 0.1) is 10.1 Å². The molecule has 0 saturated carbocycles. The maximum absolute atomic E-state index is 12.3. The summed E-state index contributed by atoms with van der Waals surface area (Å²) >= 11 is 0. The Morgan fingerprint density at radius 3 is 2.34 bits per heavy atom. The number of piperidine rings is 1. The summed E-state index contributed by atoms with van der Waals surface area (Å²) in [7, 11) is 0. The molecular weight excluding hydrogens is 505 g/mol. The highest BCUT2D eigenvalue weighted by atomic mass is 19.4. The summed E-state index contributed by atoms with van der Waals surface area (Å²) in [4.78, 5) is 16.6. The predicted octanol–water partition coefficient (Wildman–Crippen LogP) is 5.30. The Morgan fingerprint density at radius 2 is 1.68 bits per heavy atom. The molecule has 12 heteroatoms. The molecule has 0 spiro atoms. The fourth-order valence-electron chi connectivity index (χ4n) is 4.84. The van der Waals surface area contributed by atoms with Crippen molar-refractivity contribution >= 4 is 5.82 Å². The molecule has 1 saturated heterocycles. The van der Waals surface area contributed by atoms with E-state index in [-0.39, 0.29) is 23.7 Å². The number of alkyl halides is 3. The van der Waals surface area contributed by atoms with Gasteiger partial charge in [-0.25, -0.2) is 0 Å². The highest BCUT2D eigenvalue weighted by Gasteiger charge is 2.31. The number of nitrogens with zero attached hydrogens (tertiary/aromatic N) is 4. The average Bonchev–Trinajstić information content (AvgIpc) is 3.33. The Bertz CT molecular complexity index is 1240. The third kappa shape index (κ3) is 6.55. The van der Waals surface area contributed by atoms with Gasteiger partial charge < -0.3 is 24.3 Å². The van der Waals surface area contributed by atoms with Crippen molar-refractivity contribution in [1.82, 2.24) is 14.5 Å². The Balaban J connectivity index is 1.06. The lowest BCUT2D eigenvalue weighted by Crippen LogP contribution is -2.32.